The van der Waals surface area contributed by atoms with Crippen molar-refractivity contribution in [1.29, 1.82) is 0 Å². The first kappa shape index (κ1) is 20.7. The highest BCUT2D eigenvalue weighted by atomic mass is 32.2. The molecule has 0 saturated carbocycles. The van der Waals surface area contributed by atoms with Gasteiger partial charge in [-0.1, -0.05) is 6.07 Å². The molecule has 152 valence electrons. The van der Waals surface area contributed by atoms with Crippen molar-refractivity contribution in [2.75, 3.05) is 45.9 Å². The molecule has 2 aliphatic rings. The maximum Gasteiger partial charge on any atom is 0.252 e. The molecule has 9 heteroatoms. The molecular formula is C18H29N3O4S2. The molecule has 3 rings (SSSR count). The number of piperidine rings is 1. The van der Waals surface area contributed by atoms with Crippen LogP contribution in [-0.4, -0.2) is 75.0 Å². The van der Waals surface area contributed by atoms with Crippen LogP contribution in [0.2, 0.25) is 0 Å². The average molecular weight is 416 g/mol. The minimum atomic E-state index is -3.42. The molecule has 1 aromatic heterocycles. The molecule has 1 aromatic rings. The number of amides is 1. The lowest BCUT2D eigenvalue weighted by atomic mass is 9.96. The molecule has 2 saturated heterocycles. The fourth-order valence-corrected chi connectivity index (χ4v) is 6.24. The van der Waals surface area contributed by atoms with Crippen molar-refractivity contribution in [1.82, 2.24) is 14.5 Å². The molecule has 0 aliphatic carbocycles. The van der Waals surface area contributed by atoms with Gasteiger partial charge >= 0.3 is 0 Å². The number of carbonyl (C=O) groups is 1. The van der Waals surface area contributed by atoms with Crippen LogP contribution >= 0.6 is 11.3 Å². The van der Waals surface area contributed by atoms with Crippen molar-refractivity contribution in [3.8, 4) is 0 Å². The molecule has 0 radical (unpaired) electrons. The summed E-state index contributed by atoms with van der Waals surface area (Å²) in [5.74, 6) is -0.0928. The largest absolute Gasteiger partial charge is 0.379 e. The van der Waals surface area contributed by atoms with Crippen LogP contribution < -0.4 is 5.32 Å². The SMILES string of the molecule is CC(C)(CNC(=O)C1CCN(S(=O)(=O)c2cccs2)CC1)N1CCOCC1. The normalized spacial score (nSPS) is 21.3. The maximum absolute atomic E-state index is 12.6. The van der Waals surface area contributed by atoms with Gasteiger partial charge < -0.3 is 10.1 Å². The number of rotatable bonds is 6. The number of hydrogen-bond donors (Lipinski definition) is 1. The van der Waals surface area contributed by atoms with E-state index in [9.17, 15) is 13.2 Å². The van der Waals surface area contributed by atoms with E-state index in [-0.39, 0.29) is 17.4 Å². The summed E-state index contributed by atoms with van der Waals surface area (Å²) in [6, 6.07) is 3.38. The van der Waals surface area contributed by atoms with Gasteiger partial charge in [0.05, 0.1) is 13.2 Å². The zero-order valence-corrected chi connectivity index (χ0v) is 17.7. The Labute approximate surface area is 165 Å². The molecule has 7 nitrogen and oxygen atoms in total. The van der Waals surface area contributed by atoms with Crippen LogP contribution in [0.25, 0.3) is 0 Å². The second-order valence-corrected chi connectivity index (χ2v) is 10.9. The van der Waals surface area contributed by atoms with E-state index in [0.29, 0.717) is 36.7 Å². The lowest BCUT2D eigenvalue weighted by Gasteiger charge is -2.41. The summed E-state index contributed by atoms with van der Waals surface area (Å²) < 4.78 is 32.4. The third-order valence-electron chi connectivity index (χ3n) is 5.48. The Kier molecular flexibility index (Phi) is 6.58. The highest BCUT2D eigenvalue weighted by molar-refractivity contribution is 7.91. The molecule has 3 heterocycles. The van der Waals surface area contributed by atoms with Crippen molar-refractivity contribution < 1.29 is 17.9 Å². The van der Waals surface area contributed by atoms with Gasteiger partial charge in [-0.3, -0.25) is 9.69 Å². The van der Waals surface area contributed by atoms with Crippen molar-refractivity contribution in [2.45, 2.75) is 36.4 Å². The second-order valence-electron chi connectivity index (χ2n) is 7.74. The highest BCUT2D eigenvalue weighted by Gasteiger charge is 2.34. The van der Waals surface area contributed by atoms with Gasteiger partial charge in [-0.25, -0.2) is 8.42 Å². The molecule has 1 N–H and O–H groups in total. The predicted octanol–water partition coefficient (Wildman–Crippen LogP) is 1.38. The summed E-state index contributed by atoms with van der Waals surface area (Å²) in [4.78, 5) is 14.9. The van der Waals surface area contributed by atoms with E-state index in [4.69, 9.17) is 4.74 Å². The number of ether oxygens (including phenoxy) is 1. The molecule has 0 bridgehead atoms. The Hall–Kier alpha value is -1.00. The van der Waals surface area contributed by atoms with Gasteiger partial charge in [0, 0.05) is 44.2 Å². The lowest BCUT2D eigenvalue weighted by Crippen LogP contribution is -2.56. The van der Waals surface area contributed by atoms with Crippen molar-refractivity contribution in [3.63, 3.8) is 0 Å². The first-order chi connectivity index (χ1) is 12.8. The van der Waals surface area contributed by atoms with Crippen LogP contribution in [0.15, 0.2) is 21.7 Å². The van der Waals surface area contributed by atoms with E-state index in [0.717, 1.165) is 26.3 Å². The average Bonchev–Trinajstić information content (AvgIpc) is 3.23. The summed E-state index contributed by atoms with van der Waals surface area (Å²) >= 11 is 1.23. The van der Waals surface area contributed by atoms with Crippen LogP contribution in [0.1, 0.15) is 26.7 Å². The highest BCUT2D eigenvalue weighted by Crippen LogP contribution is 2.26. The van der Waals surface area contributed by atoms with Crippen molar-refractivity contribution in [3.05, 3.63) is 17.5 Å². The van der Waals surface area contributed by atoms with Crippen LogP contribution in [-0.2, 0) is 19.6 Å². The Morgan fingerprint density at radius 3 is 2.52 bits per heavy atom. The number of nitrogens with zero attached hydrogens (tertiary/aromatic N) is 2. The van der Waals surface area contributed by atoms with Crippen LogP contribution in [0.4, 0.5) is 0 Å². The molecular weight excluding hydrogens is 386 g/mol. The number of morpholine rings is 1. The Balaban J connectivity index is 1.48. The minimum absolute atomic E-state index is 0.0320. The third-order valence-corrected chi connectivity index (χ3v) is 8.75. The van der Waals surface area contributed by atoms with Gasteiger partial charge in [0.15, 0.2) is 0 Å². The summed E-state index contributed by atoms with van der Waals surface area (Å²) in [5, 5.41) is 4.85. The van der Waals surface area contributed by atoms with Gasteiger partial charge in [0.25, 0.3) is 10.0 Å². The second kappa shape index (κ2) is 8.57. The minimum Gasteiger partial charge on any atom is -0.379 e. The van der Waals surface area contributed by atoms with E-state index in [1.165, 1.54) is 15.6 Å². The summed E-state index contributed by atoms with van der Waals surface area (Å²) in [6.45, 7) is 8.85. The van der Waals surface area contributed by atoms with Crippen LogP contribution in [0.3, 0.4) is 0 Å². The zero-order valence-electron chi connectivity index (χ0n) is 16.0. The van der Waals surface area contributed by atoms with E-state index >= 15 is 0 Å². The number of sulfonamides is 1. The summed E-state index contributed by atoms with van der Waals surface area (Å²) in [5.41, 5.74) is -0.122. The van der Waals surface area contributed by atoms with Gasteiger partial charge in [0.1, 0.15) is 4.21 Å². The maximum atomic E-state index is 12.6. The van der Waals surface area contributed by atoms with Gasteiger partial charge in [-0.05, 0) is 38.1 Å². The van der Waals surface area contributed by atoms with Crippen LogP contribution in [0.5, 0.6) is 0 Å². The molecule has 1 amide bonds. The molecule has 0 spiro atoms. The summed E-state index contributed by atoms with van der Waals surface area (Å²) in [7, 11) is -3.42. The van der Waals surface area contributed by atoms with Gasteiger partial charge in [-0.2, -0.15) is 4.31 Å². The molecule has 2 aliphatic heterocycles. The first-order valence-corrected chi connectivity index (χ1v) is 11.8. The van der Waals surface area contributed by atoms with Gasteiger partial charge in [-0.15, -0.1) is 11.3 Å². The standard InChI is InChI=1S/C18H29N3O4S2/c1-18(2,20-9-11-25-12-10-20)14-19-17(22)15-5-7-21(8-6-15)27(23,24)16-4-3-13-26-16/h3-4,13,15H,5-12,14H2,1-2H3,(H,19,22). The van der Waals surface area contributed by atoms with Crippen molar-refractivity contribution >= 4 is 27.3 Å². The first-order valence-electron chi connectivity index (χ1n) is 9.45. The topological polar surface area (TPSA) is 79.0 Å². The zero-order chi connectivity index (χ0) is 19.5. The number of hydrogen-bond acceptors (Lipinski definition) is 6. The smallest absolute Gasteiger partial charge is 0.252 e. The van der Waals surface area contributed by atoms with Gasteiger partial charge in [0.2, 0.25) is 5.91 Å². The van der Waals surface area contributed by atoms with E-state index < -0.39 is 10.0 Å². The quantitative estimate of drug-likeness (QED) is 0.759. The molecule has 2 fully saturated rings. The third kappa shape index (κ3) is 4.89. The monoisotopic (exact) mass is 415 g/mol. The van der Waals surface area contributed by atoms with Crippen LogP contribution in [0, 0.1) is 5.92 Å². The predicted molar refractivity (Wildman–Crippen MR) is 105 cm³/mol. The Bertz CT molecular complexity index is 720. The molecule has 0 unspecified atom stereocenters. The molecule has 0 atom stereocenters. The van der Waals surface area contributed by atoms with E-state index in [2.05, 4.69) is 24.1 Å². The summed E-state index contributed by atoms with van der Waals surface area (Å²) in [6.07, 6.45) is 1.13. The Morgan fingerprint density at radius 2 is 1.93 bits per heavy atom. The number of nitrogens with one attached hydrogen (secondary N) is 1. The molecule has 0 aromatic carbocycles. The van der Waals surface area contributed by atoms with E-state index in [1.54, 1.807) is 17.5 Å². The number of thiophene rings is 1. The fraction of sp³-hybridized carbons (Fsp3) is 0.722. The number of carbonyl (C=O) groups excluding carboxylic acids is 1. The van der Waals surface area contributed by atoms with E-state index in [1.807, 2.05) is 0 Å². The van der Waals surface area contributed by atoms with Crippen molar-refractivity contribution in [2.24, 2.45) is 5.92 Å². The lowest BCUT2D eigenvalue weighted by molar-refractivity contribution is -0.126. The molecule has 27 heavy (non-hydrogen) atoms. The Morgan fingerprint density at radius 1 is 1.26 bits per heavy atom. The fourth-order valence-electron chi connectivity index (χ4n) is 3.62.